The number of alkyl halides is 3. The molecule has 0 spiro atoms. The lowest BCUT2D eigenvalue weighted by molar-refractivity contribution is -0.274. The highest BCUT2D eigenvalue weighted by Gasteiger charge is 2.50. The molecule has 2 amide bonds. The standard InChI is InChI=1S/C27H23F5N4O4/c1-13(34-22-12-39-24-10-19(22)24)25(37)36-21-8-14(2-5-23(21)40-27(30,31)32)26(38)35-18-3-4-20(33-11-18)15-6-16(28)9-17(29)7-15/h2-9,11,13,19,22,24,34H,10,12H2,1H3,(H,35,38)(H,36,37)/t13?,19?,22?,24-/m1/s1. The summed E-state index contributed by atoms with van der Waals surface area (Å²) in [6.07, 6.45) is -2.70. The molecule has 13 heteroatoms. The van der Waals surface area contributed by atoms with E-state index in [1.807, 2.05) is 0 Å². The molecule has 2 aromatic carbocycles. The summed E-state index contributed by atoms with van der Waals surface area (Å²) in [7, 11) is 0. The Bertz CT molecular complexity index is 1410. The van der Waals surface area contributed by atoms with Crippen molar-refractivity contribution < 1.29 is 41.0 Å². The monoisotopic (exact) mass is 562 g/mol. The number of amides is 2. The number of anilines is 2. The predicted octanol–water partition coefficient (Wildman–Crippen LogP) is 4.88. The number of nitrogens with zero attached hydrogens (tertiary/aromatic N) is 1. The second kappa shape index (κ2) is 10.8. The van der Waals surface area contributed by atoms with E-state index in [9.17, 15) is 31.5 Å². The van der Waals surface area contributed by atoms with Gasteiger partial charge in [-0.3, -0.25) is 14.6 Å². The number of ether oxygens (including phenoxy) is 2. The highest BCUT2D eigenvalue weighted by molar-refractivity contribution is 6.06. The first-order valence-corrected chi connectivity index (χ1v) is 12.3. The van der Waals surface area contributed by atoms with Crippen molar-refractivity contribution in [2.45, 2.75) is 37.9 Å². The van der Waals surface area contributed by atoms with Crippen molar-refractivity contribution in [2.24, 2.45) is 5.92 Å². The van der Waals surface area contributed by atoms with Crippen LogP contribution < -0.4 is 20.7 Å². The summed E-state index contributed by atoms with van der Waals surface area (Å²) in [6, 6.07) is 8.10. The van der Waals surface area contributed by atoms with E-state index in [4.69, 9.17) is 4.74 Å². The number of rotatable bonds is 8. The zero-order chi connectivity index (χ0) is 28.6. The molecule has 1 saturated heterocycles. The number of carbonyl (C=O) groups is 2. The van der Waals surface area contributed by atoms with Gasteiger partial charge in [0, 0.05) is 29.2 Å². The van der Waals surface area contributed by atoms with Crippen LogP contribution in [-0.4, -0.2) is 48.0 Å². The summed E-state index contributed by atoms with van der Waals surface area (Å²) in [5, 5.41) is 8.07. The van der Waals surface area contributed by atoms with Crippen LogP contribution in [0, 0.1) is 17.6 Å². The van der Waals surface area contributed by atoms with E-state index >= 15 is 0 Å². The first-order valence-electron chi connectivity index (χ1n) is 12.3. The average molecular weight is 562 g/mol. The van der Waals surface area contributed by atoms with Crippen LogP contribution in [0.5, 0.6) is 5.75 Å². The SMILES string of the molecule is CC(NC1CO[C@@H]2CC12)C(=O)Nc1cc(C(=O)Nc2ccc(-c3cc(F)cc(F)c3)nc2)ccc1OC(F)(F)F. The Hall–Kier alpha value is -4.10. The summed E-state index contributed by atoms with van der Waals surface area (Å²) in [5.41, 5.74) is 0.224. The van der Waals surface area contributed by atoms with Gasteiger partial charge in [0.2, 0.25) is 5.91 Å². The number of carbonyl (C=O) groups excluding carboxylic acids is 2. The smallest absolute Gasteiger partial charge is 0.404 e. The normalized spacial score (nSPS) is 20.4. The maximum absolute atomic E-state index is 13.5. The first-order chi connectivity index (χ1) is 18.9. The van der Waals surface area contributed by atoms with Gasteiger partial charge in [-0.15, -0.1) is 13.2 Å². The van der Waals surface area contributed by atoms with E-state index in [0.29, 0.717) is 12.5 Å². The molecule has 0 bridgehead atoms. The minimum Gasteiger partial charge on any atom is -0.404 e. The van der Waals surface area contributed by atoms with Gasteiger partial charge in [-0.25, -0.2) is 8.78 Å². The molecule has 8 nitrogen and oxygen atoms in total. The zero-order valence-corrected chi connectivity index (χ0v) is 20.9. The lowest BCUT2D eigenvalue weighted by Crippen LogP contribution is -2.45. The summed E-state index contributed by atoms with van der Waals surface area (Å²) >= 11 is 0. The van der Waals surface area contributed by atoms with E-state index in [0.717, 1.165) is 42.8 Å². The van der Waals surface area contributed by atoms with Crippen LogP contribution in [0.15, 0.2) is 54.7 Å². The molecule has 1 aliphatic carbocycles. The van der Waals surface area contributed by atoms with Crippen LogP contribution in [-0.2, 0) is 9.53 Å². The summed E-state index contributed by atoms with van der Waals surface area (Å²) in [5.74, 6) is -3.26. The average Bonchev–Trinajstić information content (AvgIpc) is 3.56. The summed E-state index contributed by atoms with van der Waals surface area (Å²) < 4.78 is 75.6. The molecule has 40 heavy (non-hydrogen) atoms. The van der Waals surface area contributed by atoms with Gasteiger partial charge in [0.05, 0.1) is 42.0 Å². The van der Waals surface area contributed by atoms with Crippen LogP contribution in [0.25, 0.3) is 11.3 Å². The predicted molar refractivity (Wildman–Crippen MR) is 134 cm³/mol. The Morgan fingerprint density at radius 1 is 1.05 bits per heavy atom. The topological polar surface area (TPSA) is 102 Å². The Morgan fingerprint density at radius 3 is 2.40 bits per heavy atom. The molecule has 5 rings (SSSR count). The van der Waals surface area contributed by atoms with Crippen molar-refractivity contribution in [3.05, 3.63) is 71.9 Å². The molecule has 1 saturated carbocycles. The van der Waals surface area contributed by atoms with Crippen LogP contribution in [0.4, 0.5) is 33.3 Å². The molecule has 3 unspecified atom stereocenters. The van der Waals surface area contributed by atoms with Crippen LogP contribution in [0.1, 0.15) is 23.7 Å². The fourth-order valence-electron chi connectivity index (χ4n) is 4.49. The third-order valence-electron chi connectivity index (χ3n) is 6.55. The fourth-order valence-corrected chi connectivity index (χ4v) is 4.49. The van der Waals surface area contributed by atoms with Crippen molar-refractivity contribution in [3.63, 3.8) is 0 Å². The van der Waals surface area contributed by atoms with E-state index in [1.54, 1.807) is 6.92 Å². The molecule has 2 aliphatic rings. The van der Waals surface area contributed by atoms with Gasteiger partial charge in [-0.05, 0) is 55.8 Å². The molecule has 4 atom stereocenters. The second-order valence-corrected chi connectivity index (χ2v) is 9.56. The van der Waals surface area contributed by atoms with Crippen molar-refractivity contribution in [1.82, 2.24) is 10.3 Å². The second-order valence-electron chi connectivity index (χ2n) is 9.56. The van der Waals surface area contributed by atoms with Gasteiger partial charge in [-0.2, -0.15) is 0 Å². The fraction of sp³-hybridized carbons (Fsp3) is 0.296. The van der Waals surface area contributed by atoms with Crippen molar-refractivity contribution >= 4 is 23.2 Å². The number of hydrogen-bond donors (Lipinski definition) is 3. The molecule has 2 fully saturated rings. The Kier molecular flexibility index (Phi) is 7.43. The van der Waals surface area contributed by atoms with Crippen LogP contribution >= 0.6 is 0 Å². The third-order valence-corrected chi connectivity index (χ3v) is 6.55. The summed E-state index contributed by atoms with van der Waals surface area (Å²) in [6.45, 7) is 2.01. The largest absolute Gasteiger partial charge is 0.573 e. The van der Waals surface area contributed by atoms with Crippen LogP contribution in [0.2, 0.25) is 0 Å². The van der Waals surface area contributed by atoms with Gasteiger partial charge < -0.3 is 25.4 Å². The Balaban J connectivity index is 1.29. The Labute approximate surface area is 224 Å². The number of halogens is 5. The highest BCUT2D eigenvalue weighted by atomic mass is 19.4. The maximum atomic E-state index is 13.5. The molecule has 3 N–H and O–H groups in total. The van der Waals surface area contributed by atoms with Crippen LogP contribution in [0.3, 0.4) is 0 Å². The number of fused-ring (bicyclic) bond motifs is 1. The lowest BCUT2D eigenvalue weighted by Gasteiger charge is -2.21. The maximum Gasteiger partial charge on any atom is 0.573 e. The van der Waals surface area contributed by atoms with Gasteiger partial charge in [0.15, 0.2) is 5.75 Å². The molecule has 3 aromatic rings. The molecular weight excluding hydrogens is 539 g/mol. The zero-order valence-electron chi connectivity index (χ0n) is 20.9. The molecule has 0 radical (unpaired) electrons. The number of pyridine rings is 1. The van der Waals surface area contributed by atoms with Crippen molar-refractivity contribution in [2.75, 3.05) is 17.2 Å². The van der Waals surface area contributed by atoms with Gasteiger partial charge in [0.25, 0.3) is 5.91 Å². The van der Waals surface area contributed by atoms with Crippen molar-refractivity contribution in [3.8, 4) is 17.0 Å². The van der Waals surface area contributed by atoms with Gasteiger partial charge >= 0.3 is 6.36 Å². The van der Waals surface area contributed by atoms with E-state index in [2.05, 4.69) is 25.7 Å². The molecule has 2 heterocycles. The number of nitrogens with one attached hydrogen (secondary N) is 3. The van der Waals surface area contributed by atoms with E-state index in [-0.39, 0.29) is 40.3 Å². The minimum atomic E-state index is -5.03. The summed E-state index contributed by atoms with van der Waals surface area (Å²) in [4.78, 5) is 29.7. The molecule has 210 valence electrons. The quantitative estimate of drug-likeness (QED) is 0.339. The third kappa shape index (κ3) is 6.54. The van der Waals surface area contributed by atoms with E-state index in [1.165, 1.54) is 18.3 Å². The molecule has 1 aromatic heterocycles. The number of benzene rings is 2. The minimum absolute atomic E-state index is 0.0336. The van der Waals surface area contributed by atoms with Crippen molar-refractivity contribution in [1.29, 1.82) is 0 Å². The van der Waals surface area contributed by atoms with E-state index < -0.39 is 41.6 Å². The van der Waals surface area contributed by atoms with Gasteiger partial charge in [0.1, 0.15) is 11.6 Å². The molecular formula is C27H23F5N4O4. The number of aromatic nitrogens is 1. The highest BCUT2D eigenvalue weighted by Crippen LogP contribution is 2.42. The first kappa shape index (κ1) is 27.5. The Morgan fingerprint density at radius 2 is 1.80 bits per heavy atom. The van der Waals surface area contributed by atoms with Gasteiger partial charge in [-0.1, -0.05) is 0 Å². The number of hydrogen-bond acceptors (Lipinski definition) is 6. The molecule has 1 aliphatic heterocycles. The lowest BCUT2D eigenvalue weighted by atomic mass is 10.1.